The Morgan fingerprint density at radius 3 is 2.00 bits per heavy atom. The first-order valence-electron chi connectivity index (χ1n) is 5.56. The smallest absolute Gasteiger partial charge is 0.294 e. The molecule has 0 radical (unpaired) electrons. The molecule has 0 saturated heterocycles. The Morgan fingerprint density at radius 1 is 1.07 bits per heavy atom. The van der Waals surface area contributed by atoms with E-state index < -0.39 is 15.1 Å². The monoisotopic (exact) mass is 238 g/mol. The average Bonchev–Trinajstić information content (AvgIpc) is 2.15. The molecule has 92 valence electrons. The lowest BCUT2D eigenvalue weighted by Gasteiger charge is -2.22. The Balaban J connectivity index is 4.01. The Kier molecular flexibility index (Phi) is 6.40. The molecule has 0 rings (SSSR count). The maximum atomic E-state index is 10.9. The van der Waals surface area contributed by atoms with Gasteiger partial charge in [-0.3, -0.25) is 4.55 Å². The van der Waals surface area contributed by atoms with Crippen molar-refractivity contribution < 1.29 is 18.1 Å². The average molecular weight is 238 g/mol. The van der Waals surface area contributed by atoms with Crippen LogP contribution in [0.4, 0.5) is 0 Å². The topological polar surface area (TPSA) is 74.6 Å². The van der Waals surface area contributed by atoms with Gasteiger partial charge in [0.15, 0.2) is 4.93 Å². The third-order valence-corrected chi connectivity index (χ3v) is 4.16. The number of rotatable bonds is 8. The molecule has 5 heteroatoms. The maximum absolute atomic E-state index is 10.9. The minimum absolute atomic E-state index is 0.0274. The van der Waals surface area contributed by atoms with Gasteiger partial charge in [-0.15, -0.1) is 0 Å². The fraction of sp³-hybridized carbons (Fsp3) is 1.00. The Labute approximate surface area is 92.4 Å². The van der Waals surface area contributed by atoms with E-state index in [1.165, 1.54) is 0 Å². The molecule has 0 amide bonds. The molecular weight excluding hydrogens is 216 g/mol. The third-order valence-electron chi connectivity index (χ3n) is 2.70. The molecule has 0 spiro atoms. The van der Waals surface area contributed by atoms with Crippen molar-refractivity contribution in [1.82, 2.24) is 0 Å². The van der Waals surface area contributed by atoms with Gasteiger partial charge >= 0.3 is 0 Å². The SMILES string of the molecule is CCCCCCCC(O)(CC)S(=O)(=O)O. The molecule has 0 aliphatic heterocycles. The molecule has 1 unspecified atom stereocenters. The van der Waals surface area contributed by atoms with Gasteiger partial charge in [-0.25, -0.2) is 0 Å². The summed E-state index contributed by atoms with van der Waals surface area (Å²) in [6.45, 7) is 3.65. The van der Waals surface area contributed by atoms with E-state index in [-0.39, 0.29) is 12.8 Å². The summed E-state index contributed by atoms with van der Waals surface area (Å²) >= 11 is 0. The van der Waals surface area contributed by atoms with Gasteiger partial charge in [0.2, 0.25) is 0 Å². The zero-order valence-electron chi connectivity index (χ0n) is 9.57. The quantitative estimate of drug-likeness (QED) is 0.503. The van der Waals surface area contributed by atoms with Crippen LogP contribution < -0.4 is 0 Å². The van der Waals surface area contributed by atoms with Crippen LogP contribution in [-0.4, -0.2) is 23.0 Å². The zero-order chi connectivity index (χ0) is 11.9. The van der Waals surface area contributed by atoms with Gasteiger partial charge in [0.05, 0.1) is 0 Å². The zero-order valence-corrected chi connectivity index (χ0v) is 10.4. The number of hydrogen-bond donors (Lipinski definition) is 2. The molecule has 1 atom stereocenters. The lowest BCUT2D eigenvalue weighted by Crippen LogP contribution is -2.37. The van der Waals surface area contributed by atoms with E-state index in [4.69, 9.17) is 4.55 Å². The van der Waals surface area contributed by atoms with Crippen LogP contribution in [0.5, 0.6) is 0 Å². The fourth-order valence-corrected chi connectivity index (χ4v) is 2.26. The lowest BCUT2D eigenvalue weighted by atomic mass is 10.1. The van der Waals surface area contributed by atoms with E-state index in [1.54, 1.807) is 6.92 Å². The first-order valence-corrected chi connectivity index (χ1v) is 7.01. The molecule has 0 bridgehead atoms. The van der Waals surface area contributed by atoms with Crippen LogP contribution in [0.25, 0.3) is 0 Å². The van der Waals surface area contributed by atoms with Crippen LogP contribution in [0, 0.1) is 0 Å². The molecular formula is C10H22O4S. The van der Waals surface area contributed by atoms with Crippen molar-refractivity contribution in [2.75, 3.05) is 0 Å². The molecule has 0 saturated carbocycles. The minimum atomic E-state index is -4.35. The van der Waals surface area contributed by atoms with Crippen molar-refractivity contribution in [3.05, 3.63) is 0 Å². The third kappa shape index (κ3) is 4.95. The molecule has 0 aliphatic carbocycles. The van der Waals surface area contributed by atoms with Crippen LogP contribution in [0.3, 0.4) is 0 Å². The standard InChI is InChI=1S/C10H22O4S/c1-3-5-6-7-8-9-10(11,4-2)15(12,13)14/h11H,3-9H2,1-2H3,(H,12,13,14). The number of hydrogen-bond acceptors (Lipinski definition) is 3. The summed E-state index contributed by atoms with van der Waals surface area (Å²) in [5.74, 6) is 0. The highest BCUT2D eigenvalue weighted by atomic mass is 32.2. The van der Waals surface area contributed by atoms with E-state index in [0.717, 1.165) is 25.7 Å². The molecule has 0 aliphatic rings. The summed E-state index contributed by atoms with van der Waals surface area (Å²) in [7, 11) is -4.35. The van der Waals surface area contributed by atoms with Crippen molar-refractivity contribution in [2.45, 2.75) is 63.7 Å². The van der Waals surface area contributed by atoms with Gasteiger partial charge < -0.3 is 5.11 Å². The van der Waals surface area contributed by atoms with Crippen molar-refractivity contribution >= 4 is 10.1 Å². The summed E-state index contributed by atoms with van der Waals surface area (Å²) in [6, 6.07) is 0. The molecule has 0 aromatic rings. The minimum Gasteiger partial charge on any atom is -0.372 e. The van der Waals surface area contributed by atoms with Crippen LogP contribution in [0.15, 0.2) is 0 Å². The summed E-state index contributed by atoms with van der Waals surface area (Å²) in [5, 5.41) is 9.68. The molecule has 0 aromatic carbocycles. The van der Waals surface area contributed by atoms with Gasteiger partial charge in [-0.2, -0.15) is 8.42 Å². The molecule has 15 heavy (non-hydrogen) atoms. The van der Waals surface area contributed by atoms with Crippen molar-refractivity contribution in [2.24, 2.45) is 0 Å². The number of unbranched alkanes of at least 4 members (excludes halogenated alkanes) is 4. The van der Waals surface area contributed by atoms with Crippen LogP contribution >= 0.6 is 0 Å². The maximum Gasteiger partial charge on any atom is 0.294 e. The second-order valence-electron chi connectivity index (χ2n) is 3.94. The van der Waals surface area contributed by atoms with Crippen LogP contribution in [0.2, 0.25) is 0 Å². The van der Waals surface area contributed by atoms with Crippen molar-refractivity contribution in [3.63, 3.8) is 0 Å². The normalized spacial score (nSPS) is 16.3. The van der Waals surface area contributed by atoms with Gasteiger partial charge in [-0.1, -0.05) is 39.5 Å². The van der Waals surface area contributed by atoms with E-state index in [1.807, 2.05) is 0 Å². The van der Waals surface area contributed by atoms with Gasteiger partial charge in [0, 0.05) is 0 Å². The largest absolute Gasteiger partial charge is 0.372 e. The van der Waals surface area contributed by atoms with Gasteiger partial charge in [0.25, 0.3) is 10.1 Å². The first-order chi connectivity index (χ1) is 6.87. The predicted molar refractivity (Wildman–Crippen MR) is 60.2 cm³/mol. The molecule has 0 fully saturated rings. The Bertz CT molecular complexity index is 261. The van der Waals surface area contributed by atoms with E-state index >= 15 is 0 Å². The molecule has 0 aromatic heterocycles. The van der Waals surface area contributed by atoms with Gasteiger partial charge in [-0.05, 0) is 19.3 Å². The van der Waals surface area contributed by atoms with E-state index in [9.17, 15) is 13.5 Å². The van der Waals surface area contributed by atoms with Crippen molar-refractivity contribution in [3.8, 4) is 0 Å². The highest BCUT2D eigenvalue weighted by molar-refractivity contribution is 7.87. The summed E-state index contributed by atoms with van der Waals surface area (Å²) in [5.41, 5.74) is 0. The highest BCUT2D eigenvalue weighted by Gasteiger charge is 2.37. The second-order valence-corrected chi connectivity index (χ2v) is 5.65. The summed E-state index contributed by atoms with van der Waals surface area (Å²) < 4.78 is 30.7. The highest BCUT2D eigenvalue weighted by Crippen LogP contribution is 2.24. The van der Waals surface area contributed by atoms with Gasteiger partial charge in [0.1, 0.15) is 0 Å². The predicted octanol–water partition coefficient (Wildman–Crippen LogP) is 2.33. The molecule has 0 heterocycles. The van der Waals surface area contributed by atoms with E-state index in [0.29, 0.717) is 6.42 Å². The summed E-state index contributed by atoms with van der Waals surface area (Å²) in [6.07, 6.45) is 4.95. The van der Waals surface area contributed by atoms with Crippen LogP contribution in [-0.2, 0) is 10.1 Å². The molecule has 4 nitrogen and oxygen atoms in total. The van der Waals surface area contributed by atoms with Crippen molar-refractivity contribution in [1.29, 1.82) is 0 Å². The lowest BCUT2D eigenvalue weighted by molar-refractivity contribution is 0.0965. The molecule has 2 N–H and O–H groups in total. The van der Waals surface area contributed by atoms with Crippen LogP contribution in [0.1, 0.15) is 58.8 Å². The second kappa shape index (κ2) is 6.45. The summed E-state index contributed by atoms with van der Waals surface area (Å²) in [4.78, 5) is -1.95. The first kappa shape index (κ1) is 14.9. The fourth-order valence-electron chi connectivity index (χ4n) is 1.49. The number of aliphatic hydroxyl groups is 1. The van der Waals surface area contributed by atoms with E-state index in [2.05, 4.69) is 6.92 Å². The Hall–Kier alpha value is -0.130. The Morgan fingerprint density at radius 2 is 1.60 bits per heavy atom.